The number of carbonyl (C=O) groups is 1. The molecule has 0 saturated carbocycles. The van der Waals surface area contributed by atoms with Crippen LogP contribution < -0.4 is 5.32 Å². The number of pyridine rings is 2. The standard InChI is InChI=1S/C16H19N3O2/c1-3-11-6-5-7-17-14(11)10-18-15-9-12(16(20)21)8-13(4-2)19-15/h5-9H,3-4,10H2,1-2H3,(H,18,19)(H,20,21). The van der Waals surface area contributed by atoms with Gasteiger partial charge in [0.1, 0.15) is 5.82 Å². The summed E-state index contributed by atoms with van der Waals surface area (Å²) in [6, 6.07) is 7.12. The van der Waals surface area contributed by atoms with Crippen molar-refractivity contribution in [2.75, 3.05) is 5.32 Å². The lowest BCUT2D eigenvalue weighted by Gasteiger charge is -2.10. The minimum Gasteiger partial charge on any atom is -0.478 e. The first kappa shape index (κ1) is 15.0. The average Bonchev–Trinajstić information content (AvgIpc) is 2.52. The number of hydrogen-bond donors (Lipinski definition) is 2. The molecule has 0 saturated heterocycles. The number of carboxylic acid groups (broad SMARTS) is 1. The molecule has 21 heavy (non-hydrogen) atoms. The van der Waals surface area contributed by atoms with Crippen molar-refractivity contribution in [2.24, 2.45) is 0 Å². The summed E-state index contributed by atoms with van der Waals surface area (Å²) in [6.45, 7) is 4.56. The summed E-state index contributed by atoms with van der Waals surface area (Å²) in [7, 11) is 0. The Hall–Kier alpha value is -2.43. The van der Waals surface area contributed by atoms with Gasteiger partial charge in [0.15, 0.2) is 0 Å². The van der Waals surface area contributed by atoms with Gasteiger partial charge in [0, 0.05) is 11.9 Å². The van der Waals surface area contributed by atoms with Crippen LogP contribution in [0.1, 0.15) is 41.2 Å². The first-order chi connectivity index (χ1) is 10.1. The van der Waals surface area contributed by atoms with Gasteiger partial charge in [-0.05, 0) is 36.6 Å². The number of carboxylic acids is 1. The maximum Gasteiger partial charge on any atom is 0.335 e. The maximum absolute atomic E-state index is 11.1. The van der Waals surface area contributed by atoms with Crippen LogP contribution in [0, 0.1) is 0 Å². The minimum absolute atomic E-state index is 0.251. The Morgan fingerprint density at radius 3 is 2.76 bits per heavy atom. The van der Waals surface area contributed by atoms with E-state index in [1.807, 2.05) is 19.1 Å². The molecule has 0 bridgehead atoms. The molecule has 0 unspecified atom stereocenters. The number of hydrogen-bond acceptors (Lipinski definition) is 4. The lowest BCUT2D eigenvalue weighted by atomic mass is 10.1. The molecule has 2 aromatic rings. The highest BCUT2D eigenvalue weighted by Gasteiger charge is 2.08. The minimum atomic E-state index is -0.942. The molecule has 2 heterocycles. The van der Waals surface area contributed by atoms with Crippen LogP contribution in [-0.2, 0) is 19.4 Å². The van der Waals surface area contributed by atoms with Crippen molar-refractivity contribution in [2.45, 2.75) is 33.2 Å². The van der Waals surface area contributed by atoms with E-state index in [9.17, 15) is 4.79 Å². The van der Waals surface area contributed by atoms with Gasteiger partial charge in [0.25, 0.3) is 0 Å². The number of nitrogens with zero attached hydrogens (tertiary/aromatic N) is 2. The molecule has 0 aliphatic carbocycles. The Bertz CT molecular complexity index is 641. The van der Waals surface area contributed by atoms with Gasteiger partial charge in [-0.2, -0.15) is 0 Å². The van der Waals surface area contributed by atoms with Gasteiger partial charge in [0.05, 0.1) is 17.8 Å². The lowest BCUT2D eigenvalue weighted by Crippen LogP contribution is -2.08. The van der Waals surface area contributed by atoms with E-state index in [0.717, 1.165) is 17.8 Å². The summed E-state index contributed by atoms with van der Waals surface area (Å²) < 4.78 is 0. The van der Waals surface area contributed by atoms with Crippen LogP contribution in [0.5, 0.6) is 0 Å². The summed E-state index contributed by atoms with van der Waals surface area (Å²) in [5.74, 6) is -0.373. The Kier molecular flexibility index (Phi) is 4.87. The fraction of sp³-hybridized carbons (Fsp3) is 0.312. The van der Waals surface area contributed by atoms with Gasteiger partial charge in [-0.25, -0.2) is 9.78 Å². The number of anilines is 1. The highest BCUT2D eigenvalue weighted by molar-refractivity contribution is 5.88. The Morgan fingerprint density at radius 2 is 2.10 bits per heavy atom. The Morgan fingerprint density at radius 1 is 1.29 bits per heavy atom. The first-order valence-electron chi connectivity index (χ1n) is 7.05. The third kappa shape index (κ3) is 3.78. The van der Waals surface area contributed by atoms with E-state index in [2.05, 4.69) is 22.2 Å². The molecule has 0 amide bonds. The predicted molar refractivity (Wildman–Crippen MR) is 81.5 cm³/mol. The molecule has 110 valence electrons. The molecule has 2 rings (SSSR count). The molecule has 5 nitrogen and oxygen atoms in total. The van der Waals surface area contributed by atoms with Crippen molar-refractivity contribution in [3.05, 3.63) is 53.0 Å². The molecular formula is C16H19N3O2. The summed E-state index contributed by atoms with van der Waals surface area (Å²) in [6.07, 6.45) is 3.36. The normalized spacial score (nSPS) is 10.4. The zero-order valence-electron chi connectivity index (χ0n) is 12.3. The fourth-order valence-corrected chi connectivity index (χ4v) is 2.11. The molecule has 0 aliphatic rings. The van der Waals surface area contributed by atoms with Gasteiger partial charge in [-0.3, -0.25) is 4.98 Å². The lowest BCUT2D eigenvalue weighted by molar-refractivity contribution is 0.0696. The highest BCUT2D eigenvalue weighted by Crippen LogP contribution is 2.14. The van der Waals surface area contributed by atoms with Crippen molar-refractivity contribution < 1.29 is 9.90 Å². The monoisotopic (exact) mass is 285 g/mol. The number of aromatic nitrogens is 2. The molecule has 2 aromatic heterocycles. The van der Waals surface area contributed by atoms with Gasteiger partial charge in [-0.1, -0.05) is 19.9 Å². The largest absolute Gasteiger partial charge is 0.478 e. The Balaban J connectivity index is 2.19. The third-order valence-corrected chi connectivity index (χ3v) is 3.29. The number of aryl methyl sites for hydroxylation is 2. The van der Waals surface area contributed by atoms with E-state index in [1.54, 1.807) is 18.3 Å². The van der Waals surface area contributed by atoms with E-state index in [4.69, 9.17) is 5.11 Å². The second-order valence-electron chi connectivity index (χ2n) is 4.71. The van der Waals surface area contributed by atoms with Crippen LogP contribution >= 0.6 is 0 Å². The number of aromatic carboxylic acids is 1. The van der Waals surface area contributed by atoms with Crippen molar-refractivity contribution in [1.82, 2.24) is 9.97 Å². The summed E-state index contributed by atoms with van der Waals surface area (Å²) in [5.41, 5.74) is 3.14. The smallest absolute Gasteiger partial charge is 0.335 e. The molecule has 0 aromatic carbocycles. The second kappa shape index (κ2) is 6.83. The maximum atomic E-state index is 11.1. The fourth-order valence-electron chi connectivity index (χ4n) is 2.11. The van der Waals surface area contributed by atoms with E-state index in [1.165, 1.54) is 5.56 Å². The van der Waals surface area contributed by atoms with Crippen LogP contribution in [-0.4, -0.2) is 21.0 Å². The van der Waals surface area contributed by atoms with Gasteiger partial charge in [0.2, 0.25) is 0 Å². The van der Waals surface area contributed by atoms with E-state index >= 15 is 0 Å². The van der Waals surface area contributed by atoms with E-state index < -0.39 is 5.97 Å². The van der Waals surface area contributed by atoms with E-state index in [0.29, 0.717) is 18.8 Å². The van der Waals surface area contributed by atoms with Crippen molar-refractivity contribution in [1.29, 1.82) is 0 Å². The predicted octanol–water partition coefficient (Wildman–Crippen LogP) is 2.91. The molecule has 0 fully saturated rings. The molecule has 0 radical (unpaired) electrons. The molecule has 5 heteroatoms. The first-order valence-corrected chi connectivity index (χ1v) is 7.05. The van der Waals surface area contributed by atoms with Gasteiger partial charge >= 0.3 is 5.97 Å². The van der Waals surface area contributed by atoms with Crippen LogP contribution in [0.2, 0.25) is 0 Å². The quantitative estimate of drug-likeness (QED) is 0.853. The second-order valence-corrected chi connectivity index (χ2v) is 4.71. The molecule has 0 atom stereocenters. The molecule has 2 N–H and O–H groups in total. The van der Waals surface area contributed by atoms with Crippen molar-refractivity contribution in [3.8, 4) is 0 Å². The Labute approximate surface area is 124 Å². The van der Waals surface area contributed by atoms with Crippen molar-refractivity contribution in [3.63, 3.8) is 0 Å². The van der Waals surface area contributed by atoms with Gasteiger partial charge in [-0.15, -0.1) is 0 Å². The summed E-state index contributed by atoms with van der Waals surface area (Å²) >= 11 is 0. The topological polar surface area (TPSA) is 75.1 Å². The van der Waals surface area contributed by atoms with E-state index in [-0.39, 0.29) is 5.56 Å². The zero-order valence-corrected chi connectivity index (χ0v) is 12.3. The third-order valence-electron chi connectivity index (χ3n) is 3.29. The van der Waals surface area contributed by atoms with Crippen LogP contribution in [0.3, 0.4) is 0 Å². The SMILES string of the molecule is CCc1cc(C(=O)O)cc(NCc2ncccc2CC)n1. The zero-order chi connectivity index (χ0) is 15.2. The highest BCUT2D eigenvalue weighted by atomic mass is 16.4. The molecule has 0 spiro atoms. The van der Waals surface area contributed by atoms with Crippen LogP contribution in [0.25, 0.3) is 0 Å². The summed E-state index contributed by atoms with van der Waals surface area (Å²) in [5, 5.41) is 12.3. The van der Waals surface area contributed by atoms with Crippen LogP contribution in [0.15, 0.2) is 30.5 Å². The molecular weight excluding hydrogens is 266 g/mol. The summed E-state index contributed by atoms with van der Waals surface area (Å²) in [4.78, 5) is 19.9. The number of nitrogens with one attached hydrogen (secondary N) is 1. The van der Waals surface area contributed by atoms with Gasteiger partial charge < -0.3 is 10.4 Å². The average molecular weight is 285 g/mol. The van der Waals surface area contributed by atoms with Crippen molar-refractivity contribution >= 4 is 11.8 Å². The molecule has 0 aliphatic heterocycles. The number of rotatable bonds is 6. The van der Waals surface area contributed by atoms with Crippen LogP contribution in [0.4, 0.5) is 5.82 Å².